The average molecular weight is 1940 g/mol. The van der Waals surface area contributed by atoms with E-state index in [2.05, 4.69) is 56.1 Å². The Morgan fingerprint density at radius 2 is 0.667 bits per heavy atom. The van der Waals surface area contributed by atoms with Crippen LogP contribution in [0.15, 0.2) is 151 Å². The number of carbonyl (C=O) groups is 4. The average Bonchev–Trinajstić information content (AvgIpc) is 0.797. The number of aliphatic hydroxyl groups is 7. The number of amides is 4. The Morgan fingerprint density at radius 1 is 0.358 bits per heavy atom. The summed E-state index contributed by atoms with van der Waals surface area (Å²) in [6.07, 6.45) is -3.00. The molecule has 0 aromatic heterocycles. The molecule has 4 amide bonds. The smallest absolute Gasteiger partial charge is 0.255 e. The molecule has 27 nitrogen and oxygen atoms in total. The molecule has 0 radical (unpaired) electrons. The van der Waals surface area contributed by atoms with Gasteiger partial charge in [-0.05, 0) is 216 Å². The molecule has 0 aliphatic heterocycles. The number of halogens is 15. The van der Waals surface area contributed by atoms with Crippen molar-refractivity contribution >= 4 is 137 Å². The first-order valence-electron chi connectivity index (χ1n) is 36.7. The van der Waals surface area contributed by atoms with Gasteiger partial charge in [0, 0.05) is 75.3 Å². The largest absolute Gasteiger partial charge is 0.390 e. The Bertz CT molecular complexity index is 5740. The van der Waals surface area contributed by atoms with Gasteiger partial charge >= 0.3 is 0 Å². The molecule has 0 heterocycles. The number of rotatable bonds is 20. The van der Waals surface area contributed by atoms with E-state index in [-0.39, 0.29) is 81.6 Å². The molecule has 12 rings (SSSR count). The Morgan fingerprint density at radius 3 is 0.984 bits per heavy atom. The van der Waals surface area contributed by atoms with Gasteiger partial charge in [-0.2, -0.15) is 0 Å². The molecule has 46 heteroatoms. The van der Waals surface area contributed by atoms with E-state index in [9.17, 15) is 137 Å². The molecule has 666 valence electrons. The third-order valence-corrected chi connectivity index (χ3v) is 27.1. The maximum Gasteiger partial charge on any atom is 0.255 e. The number of nitrogens with one attached hydrogen (secondary N) is 8. The van der Waals surface area contributed by atoms with E-state index in [0.717, 1.165) is 97.1 Å². The lowest BCUT2D eigenvalue weighted by molar-refractivity contribution is -0.0242. The molecule has 123 heavy (non-hydrogen) atoms. The molecule has 9 unspecified atom stereocenters. The summed E-state index contributed by atoms with van der Waals surface area (Å²) < 4.78 is 261. The van der Waals surface area contributed by atoms with Crippen LogP contribution in [0.2, 0.25) is 15.1 Å². The van der Waals surface area contributed by atoms with Crippen LogP contribution in [0.5, 0.6) is 0 Å². The van der Waals surface area contributed by atoms with Gasteiger partial charge in [0.05, 0.1) is 73.8 Å². The summed E-state index contributed by atoms with van der Waals surface area (Å²) in [6.45, 7) is 1.67. The van der Waals surface area contributed by atoms with E-state index in [4.69, 9.17) is 34.8 Å². The lowest BCUT2D eigenvalue weighted by atomic mass is 9.84. The number of sulfonamides is 4. The first-order valence-corrected chi connectivity index (χ1v) is 44.5. The van der Waals surface area contributed by atoms with Gasteiger partial charge in [0.15, 0.2) is 34.9 Å². The van der Waals surface area contributed by atoms with Crippen molar-refractivity contribution in [1.29, 1.82) is 0 Å². The zero-order valence-corrected chi connectivity index (χ0v) is 70.5. The van der Waals surface area contributed by atoms with Crippen molar-refractivity contribution in [1.82, 2.24) is 18.9 Å². The standard InChI is InChI=1S/C20H20ClF3N2O4S.C19H19BrF2N2O5S.2C19H18ClF3N2O5S/c1-20(28)6-4-12(5-7-20)26-31(29,30)17-8-11(2-3-15(17)22)19(27)25-13-9-14(21)18(24)16(23)10-13;20-12-9-11(5-7-13(12)21)23-19(27)10-4-6-14(22)17(8-10)30(28,29)24-15-2-1-3-16(25)18(15)26;20-12-6-11(7-14(22)18(12)23)24-19(28)9-1-3-13(21)17(5-9)31(29,30)25-10-2-4-15(26)16(27)8-10;20-11-7-10(8-13(22)17(11)23)24-19(28)9-4-5-12(21)16(6-9)31(29,30)25-14-2-1-3-15(26)18(14)27/h2-3,8-10,12,26,28H,4-7H2,1H3,(H,25,27);4-9,15-16,18,24-26H,1-3H2,(H,23,27);1,3,5-7,10,15-16,25-27H,2,4,8H2,(H,24,28);4-8,14-15,18,25-27H,1-3H2,(H,24,28). The van der Waals surface area contributed by atoms with Gasteiger partial charge in [-0.1, -0.05) is 34.8 Å². The minimum absolute atomic E-state index is 0.0565. The van der Waals surface area contributed by atoms with E-state index < -0.39 is 229 Å². The van der Waals surface area contributed by atoms with E-state index in [1.165, 1.54) is 12.1 Å². The van der Waals surface area contributed by atoms with Crippen molar-refractivity contribution in [2.75, 3.05) is 21.3 Å². The normalized spacial score (nSPS) is 21.7. The van der Waals surface area contributed by atoms with E-state index in [0.29, 0.717) is 69.6 Å². The number of aliphatic hydroxyl groups excluding tert-OH is 6. The van der Waals surface area contributed by atoms with Crippen LogP contribution in [-0.2, 0) is 40.1 Å². The molecular formula is C77H75BrCl3F11N8O19S4. The summed E-state index contributed by atoms with van der Waals surface area (Å²) in [4.78, 5) is 46.6. The van der Waals surface area contributed by atoms with Crippen molar-refractivity contribution in [3.63, 3.8) is 0 Å². The molecule has 0 saturated heterocycles. The summed E-state index contributed by atoms with van der Waals surface area (Å²) >= 11 is 19.6. The minimum Gasteiger partial charge on any atom is -0.390 e. The highest BCUT2D eigenvalue weighted by Gasteiger charge is 2.39. The monoisotopic (exact) mass is 1940 g/mol. The van der Waals surface area contributed by atoms with Crippen molar-refractivity contribution in [3.8, 4) is 0 Å². The molecule has 15 N–H and O–H groups in total. The summed E-state index contributed by atoms with van der Waals surface area (Å²) in [5.74, 6) is -16.1. The first kappa shape index (κ1) is 98.4. The topological polar surface area (TPSA) is 443 Å². The van der Waals surface area contributed by atoms with Crippen molar-refractivity contribution in [3.05, 3.63) is 233 Å². The second kappa shape index (κ2) is 41.4. The molecule has 4 fully saturated rings. The Balaban J connectivity index is 0.000000186. The zero-order valence-electron chi connectivity index (χ0n) is 63.4. The fourth-order valence-electron chi connectivity index (χ4n) is 12.9. The minimum atomic E-state index is -4.50. The van der Waals surface area contributed by atoms with Gasteiger partial charge in [-0.15, -0.1) is 0 Å². The molecule has 0 bridgehead atoms. The van der Waals surface area contributed by atoms with Crippen LogP contribution in [-0.4, -0.2) is 159 Å². The third kappa shape index (κ3) is 25.9. The van der Waals surface area contributed by atoms with Gasteiger partial charge in [-0.25, -0.2) is 101 Å². The summed E-state index contributed by atoms with van der Waals surface area (Å²) in [7, 11) is -17.6. The number of hydrogen-bond donors (Lipinski definition) is 15. The van der Waals surface area contributed by atoms with Crippen molar-refractivity contribution in [2.24, 2.45) is 0 Å². The highest BCUT2D eigenvalue weighted by atomic mass is 79.9. The first-order chi connectivity index (χ1) is 57.4. The fourth-order valence-corrected chi connectivity index (χ4v) is 19.5. The zero-order chi connectivity index (χ0) is 90.9. The SMILES string of the molecule is CC1(O)CCC(NS(=O)(=O)c2cc(C(=O)Nc3cc(F)c(F)c(Cl)c3)ccc2F)CC1.O=C(Nc1cc(F)c(F)c(Cl)c1)c1ccc(F)c(S(=O)(=O)NC2CCC(O)C(O)C2)c1.O=C(Nc1cc(F)c(F)c(Cl)c1)c1ccc(F)c(S(=O)(=O)NC2CCCC(O)C2O)c1.O=C(Nc1ccc(F)c(Br)c1)c1ccc(F)c(S(=O)(=O)NC2CCCC(O)C2O)c1. The van der Waals surface area contributed by atoms with Gasteiger partial charge in [0.25, 0.3) is 23.6 Å². The molecular weight excluding hydrogens is 1860 g/mol. The van der Waals surface area contributed by atoms with Crippen LogP contribution >= 0.6 is 50.7 Å². The summed E-state index contributed by atoms with van der Waals surface area (Å²) in [5, 5.41) is 76.1. The number of hydrogen-bond acceptors (Lipinski definition) is 19. The lowest BCUT2D eigenvalue weighted by Gasteiger charge is -2.33. The quantitative estimate of drug-likeness (QED) is 0.0249. The highest BCUT2D eigenvalue weighted by Crippen LogP contribution is 2.34. The van der Waals surface area contributed by atoms with Crippen LogP contribution < -0.4 is 40.2 Å². The maximum atomic E-state index is 14.3. The molecule has 4 saturated carbocycles. The third-order valence-electron chi connectivity index (χ3n) is 19.6. The number of carbonyl (C=O) groups excluding carboxylic acids is 4. The maximum absolute atomic E-state index is 14.3. The second-order valence-corrected chi connectivity index (χ2v) is 37.7. The Labute approximate surface area is 719 Å². The van der Waals surface area contributed by atoms with E-state index >= 15 is 0 Å². The Hall–Kier alpha value is -8.42. The molecule has 4 aliphatic rings. The molecule has 8 aromatic carbocycles. The number of benzene rings is 8. The van der Waals surface area contributed by atoms with Crippen LogP contribution in [0, 0.1) is 64.0 Å². The highest BCUT2D eigenvalue weighted by molar-refractivity contribution is 9.10. The number of anilines is 4. The summed E-state index contributed by atoms with van der Waals surface area (Å²) in [6, 6.07) is 16.2. The van der Waals surface area contributed by atoms with Crippen LogP contribution in [0.3, 0.4) is 0 Å². The predicted molar refractivity (Wildman–Crippen MR) is 429 cm³/mol. The van der Waals surface area contributed by atoms with E-state index in [1.807, 2.05) is 0 Å². The molecule has 9 atom stereocenters. The van der Waals surface area contributed by atoms with Crippen LogP contribution in [0.4, 0.5) is 71.0 Å². The summed E-state index contributed by atoms with van der Waals surface area (Å²) in [5.41, 5.74) is -2.05. The second-order valence-electron chi connectivity index (χ2n) is 28.9. The van der Waals surface area contributed by atoms with Gasteiger partial charge in [-0.3, -0.25) is 19.2 Å². The van der Waals surface area contributed by atoms with Crippen LogP contribution in [0.1, 0.15) is 132 Å². The van der Waals surface area contributed by atoms with E-state index in [1.54, 1.807) is 6.92 Å². The lowest BCUT2D eigenvalue weighted by Crippen LogP contribution is -2.51. The van der Waals surface area contributed by atoms with Crippen molar-refractivity contribution in [2.45, 2.75) is 176 Å². The van der Waals surface area contributed by atoms with Gasteiger partial charge in [0.2, 0.25) is 40.1 Å². The van der Waals surface area contributed by atoms with Crippen LogP contribution in [0.25, 0.3) is 0 Å². The predicted octanol–water partition coefficient (Wildman–Crippen LogP) is 11.6. The van der Waals surface area contributed by atoms with Gasteiger partial charge in [0.1, 0.15) is 48.7 Å². The molecule has 8 aromatic rings. The Kier molecular flexibility index (Phi) is 33.1. The fraction of sp³-hybridized carbons (Fsp3) is 0.325. The molecule has 0 spiro atoms. The molecule has 4 aliphatic carbocycles. The van der Waals surface area contributed by atoms with Gasteiger partial charge < -0.3 is 57.0 Å². The van der Waals surface area contributed by atoms with Crippen molar-refractivity contribution < 1.29 is 137 Å².